The van der Waals surface area contributed by atoms with Crippen LogP contribution in [-0.4, -0.2) is 29.0 Å². The maximum Gasteiger partial charge on any atom is 0.328 e. The van der Waals surface area contributed by atoms with Gasteiger partial charge < -0.3 is 20.5 Å². The van der Waals surface area contributed by atoms with E-state index in [0.717, 1.165) is 12.2 Å². The molecule has 2 amide bonds. The Balaban J connectivity index is 2.12. The molecule has 0 aliphatic carbocycles. The Bertz CT molecular complexity index is 609. The molecule has 104 valence electrons. The van der Waals surface area contributed by atoms with Crippen molar-refractivity contribution in [2.75, 3.05) is 10.6 Å². The van der Waals surface area contributed by atoms with Gasteiger partial charge in [-0.1, -0.05) is 0 Å². The molecule has 0 spiro atoms. The van der Waals surface area contributed by atoms with E-state index >= 15 is 0 Å². The average Bonchev–Trinajstić information content (AvgIpc) is 2.38. The molecule has 1 aliphatic rings. The highest BCUT2D eigenvalue weighted by Crippen LogP contribution is 2.32. The lowest BCUT2D eigenvalue weighted by molar-refractivity contribution is -0.131. The van der Waals surface area contributed by atoms with Crippen LogP contribution in [0, 0.1) is 0 Å². The summed E-state index contributed by atoms with van der Waals surface area (Å²) in [6.45, 7) is 1.63. The number of hydrogen-bond donors (Lipinski definition) is 3. The Hall–Kier alpha value is -2.83. The van der Waals surface area contributed by atoms with Crippen LogP contribution in [0.2, 0.25) is 0 Å². The molecular weight excluding hydrogens is 264 g/mol. The normalized spacial score (nSPS) is 17.1. The van der Waals surface area contributed by atoms with Gasteiger partial charge in [0.15, 0.2) is 6.10 Å². The first-order valence-corrected chi connectivity index (χ1v) is 5.79. The van der Waals surface area contributed by atoms with Crippen molar-refractivity contribution in [1.29, 1.82) is 0 Å². The molecule has 0 saturated carbocycles. The first-order valence-electron chi connectivity index (χ1n) is 5.79. The number of nitrogens with one attached hydrogen (secondary N) is 2. The van der Waals surface area contributed by atoms with Crippen LogP contribution in [0.25, 0.3) is 0 Å². The molecule has 1 aliphatic heterocycles. The van der Waals surface area contributed by atoms with Gasteiger partial charge in [0, 0.05) is 17.8 Å². The van der Waals surface area contributed by atoms with Gasteiger partial charge in [0.25, 0.3) is 5.91 Å². The number of anilines is 2. The molecule has 2 rings (SSSR count). The molecular formula is C13H12N2O5. The van der Waals surface area contributed by atoms with Gasteiger partial charge in [-0.25, -0.2) is 4.79 Å². The van der Waals surface area contributed by atoms with E-state index in [1.165, 1.54) is 6.07 Å². The molecule has 1 aromatic rings. The van der Waals surface area contributed by atoms with Gasteiger partial charge >= 0.3 is 5.97 Å². The Morgan fingerprint density at radius 2 is 2.15 bits per heavy atom. The number of rotatable bonds is 3. The monoisotopic (exact) mass is 276 g/mol. The molecule has 7 heteroatoms. The highest BCUT2D eigenvalue weighted by atomic mass is 16.5. The van der Waals surface area contributed by atoms with Gasteiger partial charge in [0.05, 0.1) is 5.69 Å². The lowest BCUT2D eigenvalue weighted by Crippen LogP contribution is -2.34. The molecule has 0 fully saturated rings. The number of carboxylic acids is 1. The predicted molar refractivity (Wildman–Crippen MR) is 70.6 cm³/mol. The van der Waals surface area contributed by atoms with Crippen LogP contribution in [0.3, 0.4) is 0 Å². The fraction of sp³-hybridized carbons (Fsp3) is 0.154. The van der Waals surface area contributed by atoms with E-state index in [4.69, 9.17) is 9.84 Å². The zero-order chi connectivity index (χ0) is 14.7. The maximum absolute atomic E-state index is 11.5. The van der Waals surface area contributed by atoms with Crippen LogP contribution in [-0.2, 0) is 14.4 Å². The number of carboxylic acid groups (broad SMARTS) is 1. The smallest absolute Gasteiger partial charge is 0.328 e. The van der Waals surface area contributed by atoms with Crippen molar-refractivity contribution in [1.82, 2.24) is 0 Å². The minimum absolute atomic E-state index is 0.272. The zero-order valence-electron chi connectivity index (χ0n) is 10.5. The van der Waals surface area contributed by atoms with Crippen LogP contribution in [0.15, 0.2) is 30.4 Å². The van der Waals surface area contributed by atoms with Gasteiger partial charge in [0.1, 0.15) is 5.75 Å². The van der Waals surface area contributed by atoms with E-state index in [2.05, 4.69) is 10.6 Å². The Morgan fingerprint density at radius 3 is 2.85 bits per heavy atom. The summed E-state index contributed by atoms with van der Waals surface area (Å²) in [4.78, 5) is 33.2. The number of aliphatic carboxylic acids is 1. The Morgan fingerprint density at radius 1 is 1.40 bits per heavy atom. The molecule has 1 atom stereocenters. The van der Waals surface area contributed by atoms with Crippen molar-refractivity contribution in [3.05, 3.63) is 30.4 Å². The first-order chi connectivity index (χ1) is 9.45. The fourth-order valence-electron chi connectivity index (χ4n) is 1.62. The number of carbonyl (C=O) groups is 3. The molecule has 0 bridgehead atoms. The van der Waals surface area contributed by atoms with Crippen LogP contribution < -0.4 is 15.4 Å². The summed E-state index contributed by atoms with van der Waals surface area (Å²) in [5.41, 5.74) is 0.871. The molecule has 1 unspecified atom stereocenters. The summed E-state index contributed by atoms with van der Waals surface area (Å²) < 4.78 is 5.37. The molecule has 1 heterocycles. The summed E-state index contributed by atoms with van der Waals surface area (Å²) in [7, 11) is 0. The summed E-state index contributed by atoms with van der Waals surface area (Å²) in [5.74, 6) is -1.55. The fourth-order valence-corrected chi connectivity index (χ4v) is 1.62. The van der Waals surface area contributed by atoms with Gasteiger partial charge in [-0.3, -0.25) is 9.59 Å². The molecule has 0 radical (unpaired) electrons. The number of ether oxygens (including phenoxy) is 1. The van der Waals surface area contributed by atoms with Gasteiger partial charge in [0.2, 0.25) is 5.91 Å². The summed E-state index contributed by atoms with van der Waals surface area (Å²) in [6.07, 6.45) is 1.07. The third-order valence-electron chi connectivity index (χ3n) is 2.56. The second kappa shape index (κ2) is 5.43. The SMILES string of the molecule is CC1Oc2ccc(NC(=O)/C=C/C(=O)O)cc2NC1=O. The van der Waals surface area contributed by atoms with Crippen molar-refractivity contribution in [3.8, 4) is 5.75 Å². The summed E-state index contributed by atoms with van der Waals surface area (Å²) in [5, 5.41) is 13.5. The number of fused-ring (bicyclic) bond motifs is 1. The first kappa shape index (κ1) is 13.6. The summed E-state index contributed by atoms with van der Waals surface area (Å²) >= 11 is 0. The molecule has 0 aromatic heterocycles. The number of carbonyl (C=O) groups excluding carboxylic acids is 2. The molecule has 7 nitrogen and oxygen atoms in total. The molecule has 0 saturated heterocycles. The van der Waals surface area contributed by atoms with E-state index in [0.29, 0.717) is 17.1 Å². The van der Waals surface area contributed by atoms with E-state index in [1.807, 2.05) is 0 Å². The molecule has 3 N–H and O–H groups in total. The predicted octanol–water partition coefficient (Wildman–Crippen LogP) is 0.985. The van der Waals surface area contributed by atoms with Crippen LogP contribution >= 0.6 is 0 Å². The Kier molecular flexibility index (Phi) is 3.69. The van der Waals surface area contributed by atoms with Gasteiger partial charge in [-0.2, -0.15) is 0 Å². The Labute approximate surface area is 114 Å². The van der Waals surface area contributed by atoms with E-state index in [9.17, 15) is 14.4 Å². The highest BCUT2D eigenvalue weighted by Gasteiger charge is 2.23. The zero-order valence-corrected chi connectivity index (χ0v) is 10.5. The number of amides is 2. The molecule has 1 aromatic carbocycles. The minimum atomic E-state index is -1.21. The minimum Gasteiger partial charge on any atom is -0.479 e. The van der Waals surface area contributed by atoms with Crippen LogP contribution in [0.5, 0.6) is 5.75 Å². The van der Waals surface area contributed by atoms with Crippen molar-refractivity contribution in [2.24, 2.45) is 0 Å². The topological polar surface area (TPSA) is 105 Å². The van der Waals surface area contributed by atoms with Crippen LogP contribution in [0.4, 0.5) is 11.4 Å². The van der Waals surface area contributed by atoms with E-state index in [-0.39, 0.29) is 5.91 Å². The second-order valence-electron chi connectivity index (χ2n) is 4.12. The maximum atomic E-state index is 11.5. The second-order valence-corrected chi connectivity index (χ2v) is 4.12. The van der Waals surface area contributed by atoms with Crippen LogP contribution in [0.1, 0.15) is 6.92 Å². The largest absolute Gasteiger partial charge is 0.479 e. The number of benzene rings is 1. The van der Waals surface area contributed by atoms with Crippen molar-refractivity contribution in [3.63, 3.8) is 0 Å². The van der Waals surface area contributed by atoms with Crippen molar-refractivity contribution < 1.29 is 24.2 Å². The highest BCUT2D eigenvalue weighted by molar-refractivity contribution is 6.03. The van der Waals surface area contributed by atoms with E-state index < -0.39 is 18.0 Å². The van der Waals surface area contributed by atoms with Gasteiger partial charge in [-0.05, 0) is 25.1 Å². The van der Waals surface area contributed by atoms with E-state index in [1.54, 1.807) is 19.1 Å². The molecule has 20 heavy (non-hydrogen) atoms. The summed E-state index contributed by atoms with van der Waals surface area (Å²) in [6, 6.07) is 4.74. The lowest BCUT2D eigenvalue weighted by Gasteiger charge is -2.23. The lowest BCUT2D eigenvalue weighted by atomic mass is 10.2. The third kappa shape index (κ3) is 3.14. The van der Waals surface area contributed by atoms with Gasteiger partial charge in [-0.15, -0.1) is 0 Å². The van der Waals surface area contributed by atoms with Crippen molar-refractivity contribution >= 4 is 29.2 Å². The standard InChI is InChI=1S/C13H12N2O5/c1-7-13(19)15-9-6-8(2-3-10(9)20-7)14-11(16)4-5-12(17)18/h2-7H,1H3,(H,14,16)(H,15,19)(H,17,18)/b5-4+. The quantitative estimate of drug-likeness (QED) is 0.714. The van der Waals surface area contributed by atoms with Crippen molar-refractivity contribution in [2.45, 2.75) is 13.0 Å². The average molecular weight is 276 g/mol. The third-order valence-corrected chi connectivity index (χ3v) is 2.56. The number of hydrogen-bond acceptors (Lipinski definition) is 4.